The molecule has 7 heteroatoms. The van der Waals surface area contributed by atoms with Gasteiger partial charge in [0.15, 0.2) is 0 Å². The lowest BCUT2D eigenvalue weighted by Gasteiger charge is -2.29. The topological polar surface area (TPSA) is 70.2 Å². The van der Waals surface area contributed by atoms with Gasteiger partial charge in [0.05, 0.1) is 10.3 Å². The maximum atomic E-state index is 12.7. The molecule has 2 aromatic heterocycles. The molecule has 0 saturated carbocycles. The SMILES string of the molecule is CN1CCC(NC(=O)c2cc3c(NCc4ccccc4)ncnc3s2)CC1. The van der Waals surface area contributed by atoms with Gasteiger partial charge >= 0.3 is 0 Å². The number of piperidine rings is 1. The zero-order chi connectivity index (χ0) is 18.6. The van der Waals surface area contributed by atoms with E-state index in [9.17, 15) is 4.79 Å². The van der Waals surface area contributed by atoms with Gasteiger partial charge in [-0.2, -0.15) is 0 Å². The van der Waals surface area contributed by atoms with Crippen LogP contribution in [0, 0.1) is 0 Å². The van der Waals surface area contributed by atoms with Crippen molar-refractivity contribution in [2.45, 2.75) is 25.4 Å². The zero-order valence-electron chi connectivity index (χ0n) is 15.3. The third-order valence-corrected chi connectivity index (χ3v) is 5.95. The monoisotopic (exact) mass is 381 g/mol. The summed E-state index contributed by atoms with van der Waals surface area (Å²) >= 11 is 1.42. The Hall–Kier alpha value is -2.51. The molecule has 0 bridgehead atoms. The van der Waals surface area contributed by atoms with Gasteiger partial charge < -0.3 is 15.5 Å². The number of likely N-dealkylation sites (tertiary alicyclic amines) is 1. The lowest BCUT2D eigenvalue weighted by Crippen LogP contribution is -2.43. The van der Waals surface area contributed by atoms with E-state index in [1.54, 1.807) is 6.33 Å². The van der Waals surface area contributed by atoms with Gasteiger partial charge in [0.2, 0.25) is 0 Å². The van der Waals surface area contributed by atoms with E-state index in [2.05, 4.69) is 44.7 Å². The Balaban J connectivity index is 1.47. The normalized spacial score (nSPS) is 15.7. The maximum Gasteiger partial charge on any atom is 0.261 e. The molecule has 0 radical (unpaired) electrons. The van der Waals surface area contributed by atoms with Crippen LogP contribution < -0.4 is 10.6 Å². The van der Waals surface area contributed by atoms with Gasteiger partial charge in [0.25, 0.3) is 5.91 Å². The fourth-order valence-corrected chi connectivity index (χ4v) is 4.20. The van der Waals surface area contributed by atoms with Crippen molar-refractivity contribution in [1.82, 2.24) is 20.2 Å². The number of nitrogens with one attached hydrogen (secondary N) is 2. The predicted octanol–water partition coefficient (Wildman–Crippen LogP) is 3.13. The van der Waals surface area contributed by atoms with Gasteiger partial charge in [-0.15, -0.1) is 11.3 Å². The standard InChI is InChI=1S/C20H23N5OS/c1-25-9-7-15(8-10-25)24-19(26)17-11-16-18(22-13-23-20(16)27-17)21-12-14-5-3-2-4-6-14/h2-6,11,13,15H,7-10,12H2,1H3,(H,24,26)(H,21,22,23). The molecule has 1 aliphatic rings. The number of amides is 1. The summed E-state index contributed by atoms with van der Waals surface area (Å²) in [4.78, 5) is 25.2. The number of fused-ring (bicyclic) bond motifs is 1. The number of aromatic nitrogens is 2. The summed E-state index contributed by atoms with van der Waals surface area (Å²) in [6.45, 7) is 2.73. The summed E-state index contributed by atoms with van der Waals surface area (Å²) in [5.41, 5.74) is 1.18. The van der Waals surface area contributed by atoms with E-state index in [4.69, 9.17) is 0 Å². The molecule has 0 atom stereocenters. The van der Waals surface area contributed by atoms with Gasteiger partial charge in [-0.05, 0) is 44.6 Å². The molecule has 27 heavy (non-hydrogen) atoms. The molecule has 1 amide bonds. The third-order valence-electron chi connectivity index (χ3n) is 4.91. The summed E-state index contributed by atoms with van der Waals surface area (Å²) in [5.74, 6) is 0.750. The summed E-state index contributed by atoms with van der Waals surface area (Å²) in [7, 11) is 2.12. The smallest absolute Gasteiger partial charge is 0.261 e. The largest absolute Gasteiger partial charge is 0.365 e. The highest BCUT2D eigenvalue weighted by Gasteiger charge is 2.21. The van der Waals surface area contributed by atoms with Crippen LogP contribution in [0.25, 0.3) is 10.2 Å². The molecule has 0 unspecified atom stereocenters. The van der Waals surface area contributed by atoms with Crippen molar-refractivity contribution < 1.29 is 4.79 Å². The van der Waals surface area contributed by atoms with E-state index in [-0.39, 0.29) is 11.9 Å². The fraction of sp³-hybridized carbons (Fsp3) is 0.350. The van der Waals surface area contributed by atoms with Crippen molar-refractivity contribution >= 4 is 33.3 Å². The molecule has 3 heterocycles. The second kappa shape index (κ2) is 8.02. The summed E-state index contributed by atoms with van der Waals surface area (Å²) < 4.78 is 0. The second-order valence-corrected chi connectivity index (χ2v) is 7.97. The number of anilines is 1. The number of rotatable bonds is 5. The minimum Gasteiger partial charge on any atom is -0.365 e. The molecule has 1 aliphatic heterocycles. The Labute approximate surface area is 162 Å². The lowest BCUT2D eigenvalue weighted by molar-refractivity contribution is 0.0921. The Bertz CT molecular complexity index is 919. The van der Waals surface area contributed by atoms with Crippen molar-refractivity contribution in [2.75, 3.05) is 25.5 Å². The van der Waals surface area contributed by atoms with Crippen LogP contribution in [0.15, 0.2) is 42.7 Å². The first-order chi connectivity index (χ1) is 13.2. The number of thiophene rings is 1. The first-order valence-electron chi connectivity index (χ1n) is 9.21. The van der Waals surface area contributed by atoms with Crippen molar-refractivity contribution in [2.24, 2.45) is 0 Å². The quantitative estimate of drug-likeness (QED) is 0.711. The van der Waals surface area contributed by atoms with Crippen molar-refractivity contribution in [3.05, 3.63) is 53.2 Å². The molecule has 2 N–H and O–H groups in total. The molecule has 4 rings (SSSR count). The highest BCUT2D eigenvalue weighted by molar-refractivity contribution is 7.20. The summed E-state index contributed by atoms with van der Waals surface area (Å²) in [6, 6.07) is 12.3. The van der Waals surface area contributed by atoms with Crippen LogP contribution in [0.2, 0.25) is 0 Å². The van der Waals surface area contributed by atoms with Crippen LogP contribution >= 0.6 is 11.3 Å². The first-order valence-corrected chi connectivity index (χ1v) is 10.0. The molecule has 1 fully saturated rings. The molecule has 1 aromatic carbocycles. The van der Waals surface area contributed by atoms with E-state index in [1.165, 1.54) is 16.9 Å². The summed E-state index contributed by atoms with van der Waals surface area (Å²) in [6.07, 6.45) is 3.54. The Morgan fingerprint density at radius 1 is 1.22 bits per heavy atom. The second-order valence-electron chi connectivity index (χ2n) is 6.94. The van der Waals surface area contributed by atoms with E-state index >= 15 is 0 Å². The molecule has 140 valence electrons. The Kier molecular flexibility index (Phi) is 5.31. The highest BCUT2D eigenvalue weighted by atomic mass is 32.1. The average molecular weight is 382 g/mol. The minimum absolute atomic E-state index is 0.0124. The van der Waals surface area contributed by atoms with Crippen LogP contribution in [0.4, 0.5) is 5.82 Å². The molecular formula is C20H23N5OS. The summed E-state index contributed by atoms with van der Waals surface area (Å²) in [5, 5.41) is 7.43. The molecule has 1 saturated heterocycles. The number of benzene rings is 1. The van der Waals surface area contributed by atoms with Gasteiger partial charge in [-0.3, -0.25) is 4.79 Å². The minimum atomic E-state index is -0.0124. The van der Waals surface area contributed by atoms with Crippen molar-refractivity contribution in [1.29, 1.82) is 0 Å². The van der Waals surface area contributed by atoms with Crippen molar-refractivity contribution in [3.8, 4) is 0 Å². The van der Waals surface area contributed by atoms with Crippen LogP contribution in [0.5, 0.6) is 0 Å². The van der Waals surface area contributed by atoms with Gasteiger partial charge in [0, 0.05) is 12.6 Å². The van der Waals surface area contributed by atoms with Crippen LogP contribution in [-0.2, 0) is 6.54 Å². The molecule has 3 aromatic rings. The van der Waals surface area contributed by atoms with Crippen LogP contribution in [-0.4, -0.2) is 47.0 Å². The number of hydrogen-bond donors (Lipinski definition) is 2. The van der Waals surface area contributed by atoms with Gasteiger partial charge in [-0.25, -0.2) is 9.97 Å². The van der Waals surface area contributed by atoms with Crippen LogP contribution in [0.3, 0.4) is 0 Å². The molecule has 0 aliphatic carbocycles. The number of carbonyl (C=O) groups excluding carboxylic acids is 1. The Morgan fingerprint density at radius 3 is 2.78 bits per heavy atom. The number of carbonyl (C=O) groups is 1. The van der Waals surface area contributed by atoms with E-state index < -0.39 is 0 Å². The molecule has 0 spiro atoms. The highest BCUT2D eigenvalue weighted by Crippen LogP contribution is 2.28. The Morgan fingerprint density at radius 2 is 2.00 bits per heavy atom. The van der Waals surface area contributed by atoms with Gasteiger partial charge in [0.1, 0.15) is 17.0 Å². The zero-order valence-corrected chi connectivity index (χ0v) is 16.1. The van der Waals surface area contributed by atoms with E-state index in [1.807, 2.05) is 24.3 Å². The van der Waals surface area contributed by atoms with E-state index in [0.717, 1.165) is 42.0 Å². The third kappa shape index (κ3) is 4.26. The molecular weight excluding hydrogens is 358 g/mol. The number of nitrogens with zero attached hydrogens (tertiary/aromatic N) is 3. The van der Waals surface area contributed by atoms with Gasteiger partial charge in [-0.1, -0.05) is 30.3 Å². The fourth-order valence-electron chi connectivity index (χ4n) is 3.30. The average Bonchev–Trinajstić information content (AvgIpc) is 3.14. The number of hydrogen-bond acceptors (Lipinski definition) is 6. The van der Waals surface area contributed by atoms with Crippen LogP contribution in [0.1, 0.15) is 28.1 Å². The lowest BCUT2D eigenvalue weighted by atomic mass is 10.1. The first kappa shape index (κ1) is 17.9. The predicted molar refractivity (Wildman–Crippen MR) is 109 cm³/mol. The van der Waals surface area contributed by atoms with Crippen molar-refractivity contribution in [3.63, 3.8) is 0 Å². The maximum absolute atomic E-state index is 12.7. The van der Waals surface area contributed by atoms with E-state index in [0.29, 0.717) is 11.4 Å². The molecule has 6 nitrogen and oxygen atoms in total.